The second-order valence-electron chi connectivity index (χ2n) is 15.2. The van der Waals surface area contributed by atoms with E-state index in [4.69, 9.17) is 0 Å². The van der Waals surface area contributed by atoms with Gasteiger partial charge in [0.05, 0.1) is 16.4 Å². The molecule has 2 aliphatic rings. The van der Waals surface area contributed by atoms with E-state index in [0.29, 0.717) is 0 Å². The van der Waals surface area contributed by atoms with E-state index in [1.54, 1.807) is 0 Å². The van der Waals surface area contributed by atoms with Crippen molar-refractivity contribution >= 4 is 38.9 Å². The summed E-state index contributed by atoms with van der Waals surface area (Å²) in [5.41, 5.74) is 19.6. The largest absolute Gasteiger partial charge is 0.311 e. The molecule has 2 aliphatic carbocycles. The standard InChI is InChI=1S/C55H36N2/c1-4-16-39(17-5-1)56(40-18-6-2-7-19-40)42-31-28-37(29-32-42)38-30-33-44-43-22-10-13-25-47(43)55(50(44)36-38)48-26-14-11-23-45(48)53-49(55)34-35-52-54(53)46-24-12-15-27-51(46)57(52)41-20-8-3-9-21-41/h1-36H. The summed E-state index contributed by atoms with van der Waals surface area (Å²) in [4.78, 5) is 2.32. The van der Waals surface area contributed by atoms with E-state index < -0.39 is 5.41 Å². The number of anilines is 3. The summed E-state index contributed by atoms with van der Waals surface area (Å²) >= 11 is 0. The highest BCUT2D eigenvalue weighted by molar-refractivity contribution is 6.19. The number of fused-ring (bicyclic) bond motifs is 14. The van der Waals surface area contributed by atoms with Gasteiger partial charge in [0.1, 0.15) is 0 Å². The summed E-state index contributed by atoms with van der Waals surface area (Å²) in [6, 6.07) is 80.3. The lowest BCUT2D eigenvalue weighted by Crippen LogP contribution is -2.25. The minimum Gasteiger partial charge on any atom is -0.311 e. The zero-order valence-electron chi connectivity index (χ0n) is 31.2. The average molecular weight is 725 g/mol. The van der Waals surface area contributed by atoms with Crippen LogP contribution in [0.1, 0.15) is 22.3 Å². The Morgan fingerprint density at radius 3 is 1.61 bits per heavy atom. The summed E-state index contributed by atoms with van der Waals surface area (Å²) in [6.07, 6.45) is 0. The van der Waals surface area contributed by atoms with Gasteiger partial charge in [-0.1, -0.05) is 152 Å². The van der Waals surface area contributed by atoms with E-state index in [0.717, 1.165) is 17.1 Å². The molecule has 0 saturated heterocycles. The van der Waals surface area contributed by atoms with Crippen LogP contribution in [-0.2, 0) is 5.41 Å². The molecule has 12 rings (SSSR count). The maximum Gasteiger partial charge on any atom is 0.0726 e. The van der Waals surface area contributed by atoms with Crippen LogP contribution in [-0.4, -0.2) is 4.57 Å². The Kier molecular flexibility index (Phi) is 6.88. The predicted octanol–water partition coefficient (Wildman–Crippen LogP) is 14.3. The number of hydrogen-bond donors (Lipinski definition) is 0. The molecular formula is C55H36N2. The van der Waals surface area contributed by atoms with Gasteiger partial charge in [-0.3, -0.25) is 0 Å². The second-order valence-corrected chi connectivity index (χ2v) is 15.2. The van der Waals surface area contributed by atoms with Gasteiger partial charge in [0.2, 0.25) is 0 Å². The van der Waals surface area contributed by atoms with Gasteiger partial charge in [-0.25, -0.2) is 0 Å². The third kappa shape index (κ3) is 4.47. The van der Waals surface area contributed by atoms with Gasteiger partial charge in [0, 0.05) is 33.5 Å². The summed E-state index contributed by atoms with van der Waals surface area (Å²) in [7, 11) is 0. The molecule has 57 heavy (non-hydrogen) atoms. The van der Waals surface area contributed by atoms with Crippen LogP contribution in [0.3, 0.4) is 0 Å². The molecule has 2 heteroatoms. The van der Waals surface area contributed by atoms with Crippen LogP contribution < -0.4 is 4.90 Å². The van der Waals surface area contributed by atoms with Crippen LogP contribution in [0.5, 0.6) is 0 Å². The first-order chi connectivity index (χ1) is 28.3. The normalized spacial score (nSPS) is 14.7. The van der Waals surface area contributed by atoms with Crippen molar-refractivity contribution in [1.29, 1.82) is 0 Å². The predicted molar refractivity (Wildman–Crippen MR) is 237 cm³/mol. The van der Waals surface area contributed by atoms with E-state index in [1.807, 2.05) is 0 Å². The molecule has 1 heterocycles. The molecular weight excluding hydrogens is 689 g/mol. The molecule has 0 aliphatic heterocycles. The van der Waals surface area contributed by atoms with E-state index in [-0.39, 0.29) is 0 Å². The van der Waals surface area contributed by atoms with E-state index in [2.05, 4.69) is 228 Å². The molecule has 10 aromatic rings. The number of para-hydroxylation sites is 4. The van der Waals surface area contributed by atoms with Crippen molar-refractivity contribution in [2.24, 2.45) is 0 Å². The van der Waals surface area contributed by atoms with Crippen LogP contribution in [0.2, 0.25) is 0 Å². The van der Waals surface area contributed by atoms with Crippen LogP contribution in [0.25, 0.3) is 60.9 Å². The Balaban J connectivity index is 1.08. The Hall–Kier alpha value is -7.42. The zero-order chi connectivity index (χ0) is 37.5. The van der Waals surface area contributed by atoms with E-state index in [9.17, 15) is 0 Å². The highest BCUT2D eigenvalue weighted by Gasteiger charge is 2.52. The third-order valence-electron chi connectivity index (χ3n) is 12.4. The lowest BCUT2D eigenvalue weighted by Gasteiger charge is -2.31. The first kappa shape index (κ1) is 31.9. The molecule has 1 aromatic heterocycles. The fraction of sp³-hybridized carbons (Fsp3) is 0.0182. The molecule has 2 nitrogen and oxygen atoms in total. The van der Waals surface area contributed by atoms with Crippen molar-refractivity contribution in [3.05, 3.63) is 241 Å². The monoisotopic (exact) mass is 724 g/mol. The lowest BCUT2D eigenvalue weighted by atomic mass is 9.70. The third-order valence-corrected chi connectivity index (χ3v) is 12.4. The molecule has 266 valence electrons. The number of hydrogen-bond acceptors (Lipinski definition) is 1. The molecule has 0 bridgehead atoms. The van der Waals surface area contributed by atoms with Gasteiger partial charge in [0.25, 0.3) is 0 Å². The highest BCUT2D eigenvalue weighted by atomic mass is 15.1. The summed E-state index contributed by atoms with van der Waals surface area (Å²) in [5, 5.41) is 2.59. The van der Waals surface area contributed by atoms with Gasteiger partial charge in [0.15, 0.2) is 0 Å². The van der Waals surface area contributed by atoms with Gasteiger partial charge < -0.3 is 9.47 Å². The Morgan fingerprint density at radius 1 is 0.351 bits per heavy atom. The highest BCUT2D eigenvalue weighted by Crippen LogP contribution is 2.64. The molecule has 0 N–H and O–H groups in total. The number of benzene rings is 9. The SMILES string of the molecule is c1ccc(N(c2ccccc2)c2ccc(-c3ccc4c(c3)C3(c5ccccc5-4)c4ccccc4-c4c3ccc3c4c4ccccc4n3-c3ccccc3)cc2)cc1. The van der Waals surface area contributed by atoms with Crippen LogP contribution in [0.15, 0.2) is 218 Å². The average Bonchev–Trinajstić information content (AvgIpc) is 3.89. The smallest absolute Gasteiger partial charge is 0.0726 e. The van der Waals surface area contributed by atoms with Crippen molar-refractivity contribution in [1.82, 2.24) is 4.57 Å². The molecule has 9 aromatic carbocycles. The van der Waals surface area contributed by atoms with Crippen LogP contribution in [0.4, 0.5) is 17.1 Å². The van der Waals surface area contributed by atoms with Crippen molar-refractivity contribution in [2.45, 2.75) is 5.41 Å². The summed E-state index contributed by atoms with van der Waals surface area (Å²) < 4.78 is 2.44. The molecule has 1 spiro atoms. The van der Waals surface area contributed by atoms with E-state index in [1.165, 1.54) is 83.1 Å². The Morgan fingerprint density at radius 2 is 0.895 bits per heavy atom. The summed E-state index contributed by atoms with van der Waals surface area (Å²) in [6.45, 7) is 0. The fourth-order valence-electron chi connectivity index (χ4n) is 10.1. The number of aromatic nitrogens is 1. The molecule has 1 unspecified atom stereocenters. The maximum atomic E-state index is 2.49. The quantitative estimate of drug-likeness (QED) is 0.172. The fourth-order valence-corrected chi connectivity index (χ4v) is 10.1. The molecule has 0 saturated carbocycles. The molecule has 1 atom stereocenters. The van der Waals surface area contributed by atoms with E-state index >= 15 is 0 Å². The molecule has 0 radical (unpaired) electrons. The van der Waals surface area contributed by atoms with Crippen molar-refractivity contribution in [2.75, 3.05) is 4.90 Å². The summed E-state index contributed by atoms with van der Waals surface area (Å²) in [5.74, 6) is 0. The van der Waals surface area contributed by atoms with Gasteiger partial charge in [-0.05, 0) is 122 Å². The Bertz CT molecular complexity index is 3120. The minimum absolute atomic E-state index is 0.463. The van der Waals surface area contributed by atoms with Crippen LogP contribution in [0, 0.1) is 0 Å². The Labute approximate surface area is 332 Å². The van der Waals surface area contributed by atoms with Gasteiger partial charge >= 0.3 is 0 Å². The molecule has 0 amide bonds. The number of nitrogens with zero attached hydrogens (tertiary/aromatic N) is 2. The van der Waals surface area contributed by atoms with Gasteiger partial charge in [-0.2, -0.15) is 0 Å². The first-order valence-electron chi connectivity index (χ1n) is 19.8. The molecule has 0 fully saturated rings. The maximum absolute atomic E-state index is 2.49. The van der Waals surface area contributed by atoms with Crippen LogP contribution >= 0.6 is 0 Å². The van der Waals surface area contributed by atoms with Crippen molar-refractivity contribution < 1.29 is 0 Å². The van der Waals surface area contributed by atoms with Crippen molar-refractivity contribution in [3.8, 4) is 39.1 Å². The lowest BCUT2D eigenvalue weighted by molar-refractivity contribution is 0.794. The topological polar surface area (TPSA) is 8.17 Å². The minimum atomic E-state index is -0.463. The van der Waals surface area contributed by atoms with Crippen molar-refractivity contribution in [3.63, 3.8) is 0 Å². The number of rotatable bonds is 5. The van der Waals surface area contributed by atoms with Gasteiger partial charge in [-0.15, -0.1) is 0 Å². The first-order valence-corrected chi connectivity index (χ1v) is 19.8. The second kappa shape index (κ2) is 12.3. The zero-order valence-corrected chi connectivity index (χ0v) is 31.2.